The molecule has 1 unspecified atom stereocenters. The van der Waals surface area contributed by atoms with E-state index in [-0.39, 0.29) is 0 Å². The number of likely N-dealkylation sites (N-methyl/N-ethyl adjacent to an activating group) is 1. The van der Waals surface area contributed by atoms with Crippen molar-refractivity contribution in [2.45, 2.75) is 5.50 Å². The molecule has 0 aromatic rings. The van der Waals surface area contributed by atoms with Crippen molar-refractivity contribution < 1.29 is 8.42 Å². The Morgan fingerprint density at radius 2 is 2.33 bits per heavy atom. The highest BCUT2D eigenvalue weighted by Gasteiger charge is 2.01. The van der Waals surface area contributed by atoms with Gasteiger partial charge >= 0.3 is 0 Å². The van der Waals surface area contributed by atoms with Gasteiger partial charge in [0.1, 0.15) is 0 Å². The Labute approximate surface area is 73.5 Å². The van der Waals surface area contributed by atoms with Gasteiger partial charge < -0.3 is 10.6 Å². The molecule has 12 heavy (non-hydrogen) atoms. The molecule has 0 bridgehead atoms. The van der Waals surface area contributed by atoms with Crippen LogP contribution in [0.5, 0.6) is 0 Å². The van der Waals surface area contributed by atoms with Gasteiger partial charge in [-0.3, -0.25) is 4.99 Å². The standard InChI is InChI=1S/C6H13N3O2S/c1-7-4-3-5-9-6(8-2)12(10)11/h3,5-7,9,12H,2,4H2,1H3/b5-3+. The lowest BCUT2D eigenvalue weighted by molar-refractivity contribution is 0.593. The van der Waals surface area contributed by atoms with Gasteiger partial charge in [-0.25, -0.2) is 8.42 Å². The van der Waals surface area contributed by atoms with Gasteiger partial charge in [0.05, 0.1) is 0 Å². The minimum absolute atomic E-state index is 0.673. The fourth-order valence-corrected chi connectivity index (χ4v) is 0.852. The van der Waals surface area contributed by atoms with Gasteiger partial charge in [-0.2, -0.15) is 0 Å². The molecule has 0 aliphatic carbocycles. The van der Waals surface area contributed by atoms with E-state index in [1.165, 1.54) is 6.20 Å². The van der Waals surface area contributed by atoms with E-state index in [0.29, 0.717) is 6.54 Å². The van der Waals surface area contributed by atoms with Gasteiger partial charge in [-0.05, 0) is 20.0 Å². The van der Waals surface area contributed by atoms with E-state index >= 15 is 0 Å². The third kappa shape index (κ3) is 4.86. The molecule has 0 saturated heterocycles. The van der Waals surface area contributed by atoms with Crippen molar-refractivity contribution in [3.8, 4) is 0 Å². The quantitative estimate of drug-likeness (QED) is 0.368. The molecule has 0 fully saturated rings. The van der Waals surface area contributed by atoms with Crippen molar-refractivity contribution >= 4 is 17.4 Å². The Morgan fingerprint density at radius 3 is 2.75 bits per heavy atom. The van der Waals surface area contributed by atoms with Crippen molar-refractivity contribution in [3.05, 3.63) is 12.3 Å². The van der Waals surface area contributed by atoms with Crippen LogP contribution in [0.3, 0.4) is 0 Å². The van der Waals surface area contributed by atoms with Crippen LogP contribution in [-0.4, -0.2) is 34.2 Å². The van der Waals surface area contributed by atoms with E-state index in [1.807, 2.05) is 0 Å². The summed E-state index contributed by atoms with van der Waals surface area (Å²) in [5.41, 5.74) is -0.923. The fourth-order valence-electron chi connectivity index (χ4n) is 0.511. The van der Waals surface area contributed by atoms with Crippen molar-refractivity contribution in [2.24, 2.45) is 4.99 Å². The van der Waals surface area contributed by atoms with Crippen molar-refractivity contribution in [1.82, 2.24) is 10.6 Å². The molecular formula is C6H13N3O2S. The Kier molecular flexibility index (Phi) is 6.31. The average molecular weight is 191 g/mol. The molecule has 0 heterocycles. The molecule has 1 atom stereocenters. The minimum Gasteiger partial charge on any atom is -0.358 e. The number of rotatable bonds is 6. The van der Waals surface area contributed by atoms with Gasteiger partial charge in [0, 0.05) is 6.54 Å². The Morgan fingerprint density at radius 1 is 1.67 bits per heavy atom. The number of nitrogens with one attached hydrogen (secondary N) is 2. The zero-order valence-corrected chi connectivity index (χ0v) is 7.75. The van der Waals surface area contributed by atoms with Crippen molar-refractivity contribution in [3.63, 3.8) is 0 Å². The second-order valence-electron chi connectivity index (χ2n) is 1.97. The molecule has 6 heteroatoms. The number of thiol groups is 1. The molecule has 0 aromatic heterocycles. The second-order valence-corrected chi connectivity index (χ2v) is 3.03. The predicted molar refractivity (Wildman–Crippen MR) is 49.9 cm³/mol. The van der Waals surface area contributed by atoms with Crippen LogP contribution in [0.15, 0.2) is 17.3 Å². The topological polar surface area (TPSA) is 70.6 Å². The molecule has 0 radical (unpaired) electrons. The summed E-state index contributed by atoms with van der Waals surface area (Å²) in [6.45, 7) is 3.81. The van der Waals surface area contributed by atoms with Crippen molar-refractivity contribution in [1.29, 1.82) is 0 Å². The summed E-state index contributed by atoms with van der Waals surface area (Å²) in [6, 6.07) is 0. The van der Waals surface area contributed by atoms with E-state index in [1.54, 1.807) is 13.1 Å². The fraction of sp³-hybridized carbons (Fsp3) is 0.500. The van der Waals surface area contributed by atoms with Crippen LogP contribution >= 0.6 is 0 Å². The van der Waals surface area contributed by atoms with Gasteiger partial charge in [0.15, 0.2) is 10.7 Å². The Bertz CT molecular complexity index is 217. The second kappa shape index (κ2) is 6.81. The molecule has 5 nitrogen and oxygen atoms in total. The van der Waals surface area contributed by atoms with Crippen LogP contribution in [0.4, 0.5) is 0 Å². The lowest BCUT2D eigenvalue weighted by Crippen LogP contribution is -2.23. The van der Waals surface area contributed by atoms with E-state index in [4.69, 9.17) is 0 Å². The monoisotopic (exact) mass is 191 g/mol. The van der Waals surface area contributed by atoms with E-state index in [9.17, 15) is 8.42 Å². The third-order valence-corrected chi connectivity index (χ3v) is 1.77. The van der Waals surface area contributed by atoms with Gasteiger partial charge in [0.2, 0.25) is 5.50 Å². The molecule has 70 valence electrons. The maximum atomic E-state index is 10.4. The predicted octanol–water partition coefficient (Wildman–Crippen LogP) is -1.10. The number of aliphatic imine (C=N–C) groups is 1. The van der Waals surface area contributed by atoms with Crippen LogP contribution < -0.4 is 10.6 Å². The summed E-state index contributed by atoms with van der Waals surface area (Å²) in [7, 11) is -0.803. The first-order valence-electron chi connectivity index (χ1n) is 3.37. The van der Waals surface area contributed by atoms with Crippen LogP contribution in [0, 0.1) is 0 Å². The summed E-state index contributed by atoms with van der Waals surface area (Å²) in [6.07, 6.45) is 3.28. The largest absolute Gasteiger partial charge is 0.358 e. The molecule has 0 aliphatic heterocycles. The molecule has 0 aromatic carbocycles. The van der Waals surface area contributed by atoms with Crippen molar-refractivity contribution in [2.75, 3.05) is 13.6 Å². The number of hydrogen-bond donors (Lipinski definition) is 3. The van der Waals surface area contributed by atoms with Crippen LogP contribution in [0.2, 0.25) is 0 Å². The normalized spacial score (nSPS) is 13.5. The first-order valence-corrected chi connectivity index (χ1v) is 4.62. The van der Waals surface area contributed by atoms with E-state index in [0.717, 1.165) is 0 Å². The SMILES string of the molecule is C=NC(N/C=C/CNC)[SH](=O)=O. The van der Waals surface area contributed by atoms with Gasteiger partial charge in [-0.15, -0.1) is 0 Å². The lowest BCUT2D eigenvalue weighted by Gasteiger charge is -2.02. The third-order valence-electron chi connectivity index (χ3n) is 1.06. The summed E-state index contributed by atoms with van der Waals surface area (Å²) >= 11 is 0. The summed E-state index contributed by atoms with van der Waals surface area (Å²) in [5.74, 6) is 0. The molecule has 0 rings (SSSR count). The molecule has 0 saturated carbocycles. The summed E-state index contributed by atoms with van der Waals surface area (Å²) in [4.78, 5) is 3.36. The lowest BCUT2D eigenvalue weighted by atomic mass is 10.6. The number of hydrogen-bond acceptors (Lipinski definition) is 5. The minimum atomic E-state index is -2.60. The van der Waals surface area contributed by atoms with Gasteiger partial charge in [-0.1, -0.05) is 6.08 Å². The molecule has 0 spiro atoms. The first-order chi connectivity index (χ1) is 5.72. The van der Waals surface area contributed by atoms with E-state index < -0.39 is 16.2 Å². The zero-order valence-electron chi connectivity index (χ0n) is 6.86. The maximum Gasteiger partial charge on any atom is 0.218 e. The van der Waals surface area contributed by atoms with Gasteiger partial charge in [0.25, 0.3) is 0 Å². The Hall–Kier alpha value is -0.880. The highest BCUT2D eigenvalue weighted by molar-refractivity contribution is 7.73. The highest BCUT2D eigenvalue weighted by Crippen LogP contribution is 1.83. The average Bonchev–Trinajstić information content (AvgIpc) is 2.04. The summed E-state index contributed by atoms with van der Waals surface area (Å²) in [5, 5.41) is 5.42. The number of nitrogens with zero attached hydrogens (tertiary/aromatic N) is 1. The molecular weight excluding hydrogens is 178 g/mol. The highest BCUT2D eigenvalue weighted by atomic mass is 32.2. The summed E-state index contributed by atoms with van der Waals surface area (Å²) < 4.78 is 20.8. The molecule has 0 aliphatic rings. The molecule has 0 amide bonds. The zero-order chi connectivity index (χ0) is 9.40. The van der Waals surface area contributed by atoms with Crippen LogP contribution in [0.25, 0.3) is 0 Å². The maximum absolute atomic E-state index is 10.4. The van der Waals surface area contributed by atoms with Crippen LogP contribution in [0.1, 0.15) is 0 Å². The smallest absolute Gasteiger partial charge is 0.218 e. The van der Waals surface area contributed by atoms with E-state index in [2.05, 4.69) is 22.3 Å². The molecule has 2 N–H and O–H groups in total. The first kappa shape index (κ1) is 11.1. The van der Waals surface area contributed by atoms with Crippen LogP contribution in [-0.2, 0) is 10.7 Å². The Balaban J connectivity index is 3.80.